The van der Waals surface area contributed by atoms with Gasteiger partial charge in [-0.05, 0) is 24.6 Å². The van der Waals surface area contributed by atoms with Crippen molar-refractivity contribution in [1.82, 2.24) is 4.98 Å². The van der Waals surface area contributed by atoms with Crippen LogP contribution >= 0.6 is 11.3 Å². The standard InChI is InChI=1S/C20H11F3N2O4S/c1-8-5-6-9(15(23)14(8)22)10-7-30-19(13(10)20(27)28)25-17(26)18-24-12-4-2-3-11(21)16(12)29-18/h2-7H,1H3,(H,25,26)(H,27,28). The third kappa shape index (κ3) is 3.20. The van der Waals surface area contributed by atoms with Gasteiger partial charge in [0, 0.05) is 16.5 Å². The molecule has 0 fully saturated rings. The quantitative estimate of drug-likeness (QED) is 0.461. The number of benzene rings is 2. The zero-order valence-electron chi connectivity index (χ0n) is 15.1. The summed E-state index contributed by atoms with van der Waals surface area (Å²) in [6, 6.07) is 6.56. The van der Waals surface area contributed by atoms with Gasteiger partial charge >= 0.3 is 11.9 Å². The minimum Gasteiger partial charge on any atom is -0.478 e. The molecule has 0 atom stereocenters. The van der Waals surface area contributed by atoms with Gasteiger partial charge in [-0.25, -0.2) is 22.9 Å². The molecule has 30 heavy (non-hydrogen) atoms. The number of thiophene rings is 1. The molecule has 0 radical (unpaired) electrons. The topological polar surface area (TPSA) is 92.4 Å². The zero-order chi connectivity index (χ0) is 21.6. The molecular weight excluding hydrogens is 421 g/mol. The first kappa shape index (κ1) is 19.6. The summed E-state index contributed by atoms with van der Waals surface area (Å²) in [6.45, 7) is 1.38. The van der Waals surface area contributed by atoms with Gasteiger partial charge in [-0.1, -0.05) is 18.2 Å². The predicted octanol–water partition coefficient (Wildman–Crippen LogP) is 5.23. The van der Waals surface area contributed by atoms with E-state index in [2.05, 4.69) is 10.3 Å². The normalized spacial score (nSPS) is 11.1. The van der Waals surface area contributed by atoms with Crippen molar-refractivity contribution >= 4 is 39.3 Å². The fourth-order valence-corrected chi connectivity index (χ4v) is 3.83. The van der Waals surface area contributed by atoms with Gasteiger partial charge in [-0.15, -0.1) is 11.3 Å². The fourth-order valence-electron chi connectivity index (χ4n) is 2.88. The van der Waals surface area contributed by atoms with E-state index in [1.807, 2.05) is 0 Å². The monoisotopic (exact) mass is 432 g/mol. The smallest absolute Gasteiger partial charge is 0.339 e. The number of nitrogens with one attached hydrogen (secondary N) is 1. The number of rotatable bonds is 4. The highest BCUT2D eigenvalue weighted by molar-refractivity contribution is 7.15. The molecule has 2 N–H and O–H groups in total. The van der Waals surface area contributed by atoms with E-state index in [4.69, 9.17) is 4.42 Å². The van der Waals surface area contributed by atoms with Crippen LogP contribution in [0, 0.1) is 24.4 Å². The van der Waals surface area contributed by atoms with Crippen LogP contribution in [0.1, 0.15) is 26.6 Å². The van der Waals surface area contributed by atoms with Crippen LogP contribution in [-0.2, 0) is 0 Å². The highest BCUT2D eigenvalue weighted by Gasteiger charge is 2.26. The van der Waals surface area contributed by atoms with Crippen LogP contribution in [-0.4, -0.2) is 22.0 Å². The number of amides is 1. The second-order valence-corrected chi connectivity index (χ2v) is 7.16. The van der Waals surface area contributed by atoms with Crippen molar-refractivity contribution in [3.63, 3.8) is 0 Å². The lowest BCUT2D eigenvalue weighted by Gasteiger charge is -2.07. The summed E-state index contributed by atoms with van der Waals surface area (Å²) in [5, 5.41) is 13.1. The molecule has 0 unspecified atom stereocenters. The molecule has 0 aliphatic heterocycles. The molecule has 0 aliphatic rings. The number of oxazole rings is 1. The Morgan fingerprint density at radius 2 is 1.87 bits per heavy atom. The van der Waals surface area contributed by atoms with Gasteiger partial charge in [0.05, 0.1) is 0 Å². The van der Waals surface area contributed by atoms with Gasteiger partial charge in [0.15, 0.2) is 23.0 Å². The summed E-state index contributed by atoms with van der Waals surface area (Å²) in [5.74, 6) is -5.84. The summed E-state index contributed by atoms with van der Waals surface area (Å²) in [7, 11) is 0. The van der Waals surface area contributed by atoms with Crippen molar-refractivity contribution in [2.24, 2.45) is 0 Å². The Kier molecular flexibility index (Phi) is 4.78. The lowest BCUT2D eigenvalue weighted by atomic mass is 10.0. The van der Waals surface area contributed by atoms with E-state index in [1.54, 1.807) is 0 Å². The average molecular weight is 432 g/mol. The van der Waals surface area contributed by atoms with Crippen molar-refractivity contribution in [2.45, 2.75) is 6.92 Å². The summed E-state index contributed by atoms with van der Waals surface area (Å²) in [5.41, 5.74) is -0.801. The van der Waals surface area contributed by atoms with E-state index in [0.717, 1.165) is 17.4 Å². The molecular formula is C20H11F3N2O4S. The lowest BCUT2D eigenvalue weighted by Crippen LogP contribution is -2.14. The number of carboxylic acids is 1. The van der Waals surface area contributed by atoms with Crippen LogP contribution in [0.5, 0.6) is 0 Å². The van der Waals surface area contributed by atoms with Crippen molar-refractivity contribution in [1.29, 1.82) is 0 Å². The molecule has 10 heteroatoms. The Balaban J connectivity index is 1.73. The maximum atomic E-state index is 14.4. The van der Waals surface area contributed by atoms with Crippen LogP contribution in [0.15, 0.2) is 40.1 Å². The molecule has 2 aromatic heterocycles. The Labute approximate surface area is 170 Å². The van der Waals surface area contributed by atoms with Crippen molar-refractivity contribution < 1.29 is 32.3 Å². The highest BCUT2D eigenvalue weighted by atomic mass is 32.1. The van der Waals surface area contributed by atoms with Crippen molar-refractivity contribution in [3.8, 4) is 11.1 Å². The molecule has 0 bridgehead atoms. The van der Waals surface area contributed by atoms with Gasteiger partial charge in [-0.2, -0.15) is 0 Å². The van der Waals surface area contributed by atoms with E-state index < -0.39 is 40.8 Å². The number of aryl methyl sites for hydroxylation is 1. The molecule has 1 amide bonds. The van der Waals surface area contributed by atoms with Gasteiger partial charge in [0.2, 0.25) is 0 Å². The number of anilines is 1. The highest BCUT2D eigenvalue weighted by Crippen LogP contribution is 2.38. The van der Waals surface area contributed by atoms with Gasteiger partial charge in [0.1, 0.15) is 16.1 Å². The number of hydrogen-bond acceptors (Lipinski definition) is 5. The SMILES string of the molecule is Cc1ccc(-c2csc(NC(=O)c3nc4cccc(F)c4o3)c2C(=O)O)c(F)c1F. The first-order valence-corrected chi connectivity index (χ1v) is 9.32. The van der Waals surface area contributed by atoms with E-state index in [1.165, 1.54) is 36.6 Å². The molecule has 0 spiro atoms. The number of carboxylic acid groups (broad SMARTS) is 1. The Morgan fingerprint density at radius 1 is 1.10 bits per heavy atom. The minimum absolute atomic E-state index is 0.0695. The van der Waals surface area contributed by atoms with E-state index in [-0.39, 0.29) is 32.8 Å². The third-order valence-electron chi connectivity index (χ3n) is 4.36. The summed E-state index contributed by atoms with van der Waals surface area (Å²) < 4.78 is 47.2. The number of fused-ring (bicyclic) bond motifs is 1. The number of carbonyl (C=O) groups excluding carboxylic acids is 1. The third-order valence-corrected chi connectivity index (χ3v) is 5.25. The van der Waals surface area contributed by atoms with E-state index in [0.29, 0.717) is 0 Å². The number of aromatic carboxylic acids is 1. The second-order valence-electron chi connectivity index (χ2n) is 6.28. The zero-order valence-corrected chi connectivity index (χ0v) is 15.9. The van der Waals surface area contributed by atoms with Crippen LogP contribution < -0.4 is 5.32 Å². The maximum Gasteiger partial charge on any atom is 0.339 e. The molecule has 0 saturated heterocycles. The Bertz CT molecular complexity index is 1330. The first-order valence-electron chi connectivity index (χ1n) is 8.44. The molecule has 4 rings (SSSR count). The van der Waals surface area contributed by atoms with Gasteiger partial charge < -0.3 is 14.8 Å². The lowest BCUT2D eigenvalue weighted by molar-refractivity contribution is 0.0699. The van der Waals surface area contributed by atoms with Crippen LogP contribution in [0.4, 0.5) is 18.2 Å². The van der Waals surface area contributed by atoms with E-state index >= 15 is 0 Å². The first-order chi connectivity index (χ1) is 14.3. The number of carbonyl (C=O) groups is 2. The largest absolute Gasteiger partial charge is 0.478 e. The molecule has 2 aromatic carbocycles. The van der Waals surface area contributed by atoms with Gasteiger partial charge in [0.25, 0.3) is 5.89 Å². The summed E-state index contributed by atoms with van der Waals surface area (Å²) in [4.78, 5) is 28.1. The summed E-state index contributed by atoms with van der Waals surface area (Å²) in [6.07, 6.45) is 0. The van der Waals surface area contributed by atoms with Crippen LogP contribution in [0.3, 0.4) is 0 Å². The van der Waals surface area contributed by atoms with E-state index in [9.17, 15) is 27.9 Å². The molecule has 152 valence electrons. The second kappa shape index (κ2) is 7.30. The fraction of sp³-hybridized carbons (Fsp3) is 0.0500. The molecule has 0 saturated carbocycles. The molecule has 2 heterocycles. The van der Waals surface area contributed by atoms with Gasteiger partial charge in [-0.3, -0.25) is 4.79 Å². The van der Waals surface area contributed by atoms with Crippen molar-refractivity contribution in [2.75, 3.05) is 5.32 Å². The average Bonchev–Trinajstić information content (AvgIpc) is 3.31. The Morgan fingerprint density at radius 3 is 2.57 bits per heavy atom. The molecule has 0 aliphatic carbocycles. The maximum absolute atomic E-state index is 14.4. The minimum atomic E-state index is -1.45. The number of aromatic nitrogens is 1. The molecule has 6 nitrogen and oxygen atoms in total. The number of para-hydroxylation sites is 1. The van der Waals surface area contributed by atoms with Crippen LogP contribution in [0.2, 0.25) is 0 Å². The number of halogens is 3. The van der Waals surface area contributed by atoms with Crippen LogP contribution in [0.25, 0.3) is 22.2 Å². The van der Waals surface area contributed by atoms with Crippen molar-refractivity contribution in [3.05, 3.63) is 70.2 Å². The Hall–Kier alpha value is -3.66. The number of hydrogen-bond donors (Lipinski definition) is 2. The summed E-state index contributed by atoms with van der Waals surface area (Å²) >= 11 is 0.806. The molecule has 4 aromatic rings. The number of nitrogens with zero attached hydrogens (tertiary/aromatic N) is 1. The predicted molar refractivity (Wildman–Crippen MR) is 103 cm³/mol.